The van der Waals surface area contributed by atoms with Crippen LogP contribution in [0.4, 0.5) is 0 Å². The number of unbranched alkanes of at least 4 members (excludes halogenated alkanes) is 13. The van der Waals surface area contributed by atoms with E-state index < -0.39 is 21.4 Å². The molecule has 270 valence electrons. The van der Waals surface area contributed by atoms with Gasteiger partial charge in [-0.2, -0.15) is 0 Å². The molecule has 4 saturated carbocycles. The van der Waals surface area contributed by atoms with Gasteiger partial charge in [0.25, 0.3) is 0 Å². The van der Waals surface area contributed by atoms with Gasteiger partial charge in [-0.3, -0.25) is 0 Å². The molecule has 4 fully saturated rings. The first-order valence-corrected chi connectivity index (χ1v) is 21.6. The van der Waals surface area contributed by atoms with E-state index in [0.29, 0.717) is 39.5 Å². The summed E-state index contributed by atoms with van der Waals surface area (Å²) in [7, 11) is -3.82. The van der Waals surface area contributed by atoms with Crippen LogP contribution in [0, 0.1) is 17.8 Å². The van der Waals surface area contributed by atoms with Gasteiger partial charge in [0, 0.05) is 29.8 Å². The Balaban J connectivity index is 0.993. The number of aryl methyl sites for hydroxylation is 1. The molecule has 2 aromatic rings. The fourth-order valence-electron chi connectivity index (χ4n) is 10.4. The Labute approximate surface area is 301 Å². The summed E-state index contributed by atoms with van der Waals surface area (Å²) in [6.45, 7) is 3.15. The van der Waals surface area contributed by atoms with E-state index >= 15 is 0 Å². The monoisotopic (exact) mass is 699 g/mol. The zero-order valence-electron chi connectivity index (χ0n) is 30.3. The van der Waals surface area contributed by atoms with Crippen LogP contribution in [0.3, 0.4) is 0 Å². The summed E-state index contributed by atoms with van der Waals surface area (Å²) >= 11 is 0. The number of sulfone groups is 1. The molecule has 4 bridgehead atoms. The van der Waals surface area contributed by atoms with Gasteiger partial charge >= 0.3 is 5.97 Å². The van der Waals surface area contributed by atoms with Gasteiger partial charge in [0.15, 0.2) is 12.4 Å². The second-order valence-corrected chi connectivity index (χ2v) is 18.3. The summed E-state index contributed by atoms with van der Waals surface area (Å²) in [5.41, 5.74) is 2.05. The maximum absolute atomic E-state index is 14.3. The molecule has 50 heavy (non-hydrogen) atoms. The topological polar surface area (TPSA) is 76.3 Å². The van der Waals surface area contributed by atoms with Gasteiger partial charge in [-0.05, 0) is 74.8 Å². The van der Waals surface area contributed by atoms with Crippen molar-refractivity contribution in [3.8, 4) is 0 Å². The lowest BCUT2D eigenvalue weighted by molar-refractivity contribution is -0.697. The molecule has 0 amide bonds. The highest BCUT2D eigenvalue weighted by atomic mass is 32.2. The Kier molecular flexibility index (Phi) is 11.2. The number of ether oxygens (including phenoxy) is 1. The normalized spacial score (nSPS) is 27.1. The van der Waals surface area contributed by atoms with Crippen LogP contribution in [0.15, 0.2) is 70.4 Å². The van der Waals surface area contributed by atoms with Gasteiger partial charge < -0.3 is 10.1 Å². The molecule has 0 radical (unpaired) electrons. The predicted molar refractivity (Wildman–Crippen MR) is 198 cm³/mol. The molecule has 8 rings (SSSR count). The van der Waals surface area contributed by atoms with Crippen molar-refractivity contribution in [3.05, 3.63) is 76.6 Å². The number of carbonyl (C=O) groups excluding carboxylic acids is 1. The van der Waals surface area contributed by atoms with E-state index in [4.69, 9.17) is 4.74 Å². The minimum Gasteiger partial charge on any atom is -0.456 e. The van der Waals surface area contributed by atoms with Gasteiger partial charge in [0.1, 0.15) is 12.1 Å². The minimum atomic E-state index is -3.82. The van der Waals surface area contributed by atoms with E-state index in [1.54, 1.807) is 18.3 Å². The summed E-state index contributed by atoms with van der Waals surface area (Å²) in [6, 6.07) is 11.1. The number of esters is 1. The average Bonchev–Trinajstić information content (AvgIpc) is 3.33. The number of rotatable bonds is 18. The first kappa shape index (κ1) is 35.5. The summed E-state index contributed by atoms with van der Waals surface area (Å²) in [4.78, 5) is 14.9. The maximum Gasteiger partial charge on any atom is 0.337 e. The van der Waals surface area contributed by atoms with E-state index in [1.165, 1.54) is 103 Å². The van der Waals surface area contributed by atoms with E-state index in [1.807, 2.05) is 24.3 Å². The Morgan fingerprint density at radius 2 is 1.38 bits per heavy atom. The summed E-state index contributed by atoms with van der Waals surface area (Å²) in [5.74, 6) is 0.833. The van der Waals surface area contributed by atoms with Crippen molar-refractivity contribution < 1.29 is 22.5 Å². The first-order chi connectivity index (χ1) is 24.4. The fraction of sp³-hybridized carbons (Fsp3) is 0.628. The summed E-state index contributed by atoms with van der Waals surface area (Å²) < 4.78 is 37.1. The van der Waals surface area contributed by atoms with Crippen molar-refractivity contribution in [3.63, 3.8) is 0 Å². The molecule has 1 N–H and O–H groups in total. The number of nitrogens with one attached hydrogen (secondary N) is 1. The Bertz CT molecular complexity index is 1660. The van der Waals surface area contributed by atoms with Gasteiger partial charge in [-0.1, -0.05) is 102 Å². The third kappa shape index (κ3) is 7.64. The van der Waals surface area contributed by atoms with Crippen LogP contribution < -0.4 is 9.88 Å². The number of hydrogen-bond acceptors (Lipinski definition) is 5. The molecule has 0 spiro atoms. The van der Waals surface area contributed by atoms with Crippen LogP contribution in [0.1, 0.15) is 152 Å². The summed E-state index contributed by atoms with van der Waals surface area (Å²) in [6.07, 6.45) is 31.1. The number of fused-ring (bicyclic) bond motifs is 2. The SMILES string of the molecule is CCCCCCCCCCCCCCCC[n+]1cccc(C2C(C(=O)OC34CC5CC(CC(C5)C3)C4)=CNC3=C2S(=O)(=O)c2ccccc23)c1. The largest absolute Gasteiger partial charge is 0.456 e. The molecule has 3 heterocycles. The minimum absolute atomic E-state index is 0.271. The van der Waals surface area contributed by atoms with E-state index in [2.05, 4.69) is 29.2 Å². The Morgan fingerprint density at radius 3 is 2.00 bits per heavy atom. The average molecular weight is 700 g/mol. The van der Waals surface area contributed by atoms with Crippen molar-refractivity contribution in [2.75, 3.05) is 0 Å². The zero-order chi connectivity index (χ0) is 34.6. The number of allylic oxidation sites excluding steroid dienone is 1. The van der Waals surface area contributed by atoms with Crippen molar-refractivity contribution in [1.29, 1.82) is 0 Å². The van der Waals surface area contributed by atoms with E-state index in [-0.39, 0.29) is 10.9 Å². The van der Waals surface area contributed by atoms with Crippen molar-refractivity contribution in [2.45, 2.75) is 158 Å². The number of benzene rings is 1. The van der Waals surface area contributed by atoms with E-state index in [9.17, 15) is 13.2 Å². The predicted octanol–water partition coefficient (Wildman–Crippen LogP) is 9.69. The molecular weight excluding hydrogens is 641 g/mol. The van der Waals surface area contributed by atoms with Gasteiger partial charge in [-0.25, -0.2) is 17.8 Å². The van der Waals surface area contributed by atoms with Crippen LogP contribution in [-0.2, 0) is 25.9 Å². The quantitative estimate of drug-likeness (QED) is 0.0953. The fourth-order valence-corrected chi connectivity index (χ4v) is 12.3. The smallest absolute Gasteiger partial charge is 0.337 e. The van der Waals surface area contributed by atoms with Gasteiger partial charge in [0.05, 0.1) is 27.0 Å². The van der Waals surface area contributed by atoms with Crippen molar-refractivity contribution in [1.82, 2.24) is 5.32 Å². The molecule has 1 aromatic carbocycles. The van der Waals surface area contributed by atoms with Crippen LogP contribution in [-0.4, -0.2) is 20.0 Å². The number of aromatic nitrogens is 1. The molecule has 7 heteroatoms. The number of dihydropyridines is 1. The molecule has 1 atom stereocenters. The first-order valence-electron chi connectivity index (χ1n) is 20.1. The van der Waals surface area contributed by atoms with E-state index in [0.717, 1.165) is 37.8 Å². The third-order valence-electron chi connectivity index (χ3n) is 12.4. The molecule has 2 aliphatic heterocycles. The molecule has 1 unspecified atom stereocenters. The van der Waals surface area contributed by atoms with Crippen molar-refractivity contribution >= 4 is 21.5 Å². The second-order valence-electron chi connectivity index (χ2n) is 16.4. The highest BCUT2D eigenvalue weighted by molar-refractivity contribution is 7.96. The van der Waals surface area contributed by atoms with Crippen LogP contribution >= 0.6 is 0 Å². The van der Waals surface area contributed by atoms with Crippen LogP contribution in [0.5, 0.6) is 0 Å². The Morgan fingerprint density at radius 1 is 0.800 bits per heavy atom. The second kappa shape index (κ2) is 15.8. The molecule has 6 aliphatic rings. The zero-order valence-corrected chi connectivity index (χ0v) is 31.2. The number of nitrogens with zero attached hydrogens (tertiary/aromatic N) is 1. The van der Waals surface area contributed by atoms with Gasteiger partial charge in [-0.15, -0.1) is 0 Å². The lowest BCUT2D eigenvalue weighted by Gasteiger charge is -2.55. The molecule has 0 saturated heterocycles. The Hall–Kier alpha value is -2.93. The molecule has 1 aromatic heterocycles. The number of hydrogen-bond donors (Lipinski definition) is 1. The molecule has 6 nitrogen and oxygen atoms in total. The number of carbonyl (C=O) groups is 1. The lowest BCUT2D eigenvalue weighted by atomic mass is 9.54. The molecule has 4 aliphatic carbocycles. The lowest BCUT2D eigenvalue weighted by Crippen LogP contribution is -2.53. The van der Waals surface area contributed by atoms with Gasteiger partial charge in [0.2, 0.25) is 9.84 Å². The van der Waals surface area contributed by atoms with Crippen molar-refractivity contribution in [2.24, 2.45) is 17.8 Å². The standard InChI is InChI=1S/C43H58N2O4S/c1-2-3-4-5-6-7-8-9-10-11-12-13-14-17-22-45-23-18-19-35(31-45)39-37(30-44-40-36-20-15-16-21-38(36)50(47,48)41(39)40)42(46)49-43-27-32-24-33(28-43)26-34(25-32)29-43/h15-16,18-21,23,30-34,39H,2-14,17,22,24-29H2,1H3/p+1. The highest BCUT2D eigenvalue weighted by Gasteiger charge is 2.54. The summed E-state index contributed by atoms with van der Waals surface area (Å²) in [5, 5.41) is 3.26. The number of pyridine rings is 1. The van der Waals surface area contributed by atoms with Crippen LogP contribution in [0.2, 0.25) is 0 Å². The highest BCUT2D eigenvalue weighted by Crippen LogP contribution is 2.58. The van der Waals surface area contributed by atoms with Crippen LogP contribution in [0.25, 0.3) is 5.70 Å². The molecular formula is C43H59N2O4S+. The maximum atomic E-state index is 14.3. The third-order valence-corrected chi connectivity index (χ3v) is 14.4.